The van der Waals surface area contributed by atoms with E-state index in [1.807, 2.05) is 0 Å². The Hall–Kier alpha value is -2.12. The fourth-order valence-corrected chi connectivity index (χ4v) is 1.67. The summed E-state index contributed by atoms with van der Waals surface area (Å²) in [5.41, 5.74) is 5.55. The minimum atomic E-state index is -0.658. The van der Waals surface area contributed by atoms with Crippen LogP contribution in [0.3, 0.4) is 0 Å². The van der Waals surface area contributed by atoms with Crippen molar-refractivity contribution in [2.45, 2.75) is 0 Å². The van der Waals surface area contributed by atoms with Crippen molar-refractivity contribution < 1.29 is 4.92 Å². The smallest absolute Gasteiger partial charge is 0.353 e. The molecule has 7 nitrogen and oxygen atoms in total. The first-order chi connectivity index (χ1) is 8.99. The van der Waals surface area contributed by atoms with Crippen LogP contribution in [-0.2, 0) is 0 Å². The van der Waals surface area contributed by atoms with E-state index < -0.39 is 10.6 Å². The lowest BCUT2D eigenvalue weighted by Crippen LogP contribution is -2.04. The minimum Gasteiger partial charge on any atom is -0.378 e. The molecule has 1 aromatic heterocycles. The number of hydrogen-bond acceptors (Lipinski definition) is 6. The highest BCUT2D eigenvalue weighted by molar-refractivity contribution is 6.42. The van der Waals surface area contributed by atoms with Gasteiger partial charge in [0.2, 0.25) is 11.6 Å². The van der Waals surface area contributed by atoms with Crippen molar-refractivity contribution in [1.82, 2.24) is 9.97 Å². The van der Waals surface area contributed by atoms with Crippen LogP contribution in [0.2, 0.25) is 10.0 Å². The summed E-state index contributed by atoms with van der Waals surface area (Å²) < 4.78 is 0. The van der Waals surface area contributed by atoms with Gasteiger partial charge in [0.1, 0.15) is 6.33 Å². The molecule has 9 heteroatoms. The molecule has 19 heavy (non-hydrogen) atoms. The number of nitrogens with zero attached hydrogens (tertiary/aromatic N) is 3. The highest BCUT2D eigenvalue weighted by atomic mass is 35.5. The standard InChI is InChI=1S/C10H7Cl2N5O2/c11-6-2-1-5(3-7(6)12)16-10-8(17(18)19)9(13)14-4-15-10/h1-4H,(H3,13,14,15,16). The fraction of sp³-hybridized carbons (Fsp3) is 0. The second kappa shape index (κ2) is 5.25. The fourth-order valence-electron chi connectivity index (χ4n) is 1.37. The third-order valence-electron chi connectivity index (χ3n) is 2.22. The van der Waals surface area contributed by atoms with E-state index >= 15 is 0 Å². The Morgan fingerprint density at radius 2 is 2.00 bits per heavy atom. The van der Waals surface area contributed by atoms with Crippen molar-refractivity contribution in [2.75, 3.05) is 11.1 Å². The summed E-state index contributed by atoms with van der Waals surface area (Å²) in [4.78, 5) is 17.6. The molecule has 0 fully saturated rings. The second-order valence-corrected chi connectivity index (χ2v) is 4.28. The number of rotatable bonds is 3. The van der Waals surface area contributed by atoms with Crippen molar-refractivity contribution in [2.24, 2.45) is 0 Å². The largest absolute Gasteiger partial charge is 0.378 e. The topological polar surface area (TPSA) is 107 Å². The van der Waals surface area contributed by atoms with Crippen molar-refractivity contribution in [3.05, 3.63) is 44.7 Å². The first kappa shape index (κ1) is 13.3. The average Bonchev–Trinajstić information content (AvgIpc) is 2.33. The monoisotopic (exact) mass is 299 g/mol. The van der Waals surface area contributed by atoms with Gasteiger partial charge in [-0.25, -0.2) is 9.97 Å². The Morgan fingerprint density at radius 3 is 2.63 bits per heavy atom. The molecule has 0 aliphatic carbocycles. The number of nitro groups is 1. The summed E-state index contributed by atoms with van der Waals surface area (Å²) in [7, 11) is 0. The number of nitrogen functional groups attached to an aromatic ring is 1. The van der Waals surface area contributed by atoms with Crippen molar-refractivity contribution in [3.8, 4) is 0 Å². The van der Waals surface area contributed by atoms with Crippen LogP contribution in [-0.4, -0.2) is 14.9 Å². The lowest BCUT2D eigenvalue weighted by atomic mass is 10.3. The molecule has 3 N–H and O–H groups in total. The Balaban J connectivity index is 2.40. The van der Waals surface area contributed by atoms with E-state index in [2.05, 4.69) is 15.3 Å². The molecule has 2 rings (SSSR count). The maximum absolute atomic E-state index is 10.9. The Morgan fingerprint density at radius 1 is 1.26 bits per heavy atom. The molecular formula is C10H7Cl2N5O2. The molecule has 2 aromatic rings. The highest BCUT2D eigenvalue weighted by Gasteiger charge is 2.21. The van der Waals surface area contributed by atoms with Gasteiger partial charge in [-0.05, 0) is 18.2 Å². The zero-order valence-electron chi connectivity index (χ0n) is 9.30. The number of hydrogen-bond donors (Lipinski definition) is 2. The molecule has 0 amide bonds. The summed E-state index contributed by atoms with van der Waals surface area (Å²) in [5.74, 6) is -0.238. The number of aromatic nitrogens is 2. The molecule has 0 saturated carbocycles. The quantitative estimate of drug-likeness (QED) is 0.666. The van der Waals surface area contributed by atoms with Crippen molar-refractivity contribution in [1.29, 1.82) is 0 Å². The van der Waals surface area contributed by atoms with E-state index in [4.69, 9.17) is 28.9 Å². The van der Waals surface area contributed by atoms with Gasteiger partial charge in [0.25, 0.3) is 0 Å². The molecule has 98 valence electrons. The molecule has 0 aliphatic rings. The molecule has 0 spiro atoms. The van der Waals surface area contributed by atoms with Gasteiger partial charge in [0, 0.05) is 5.69 Å². The predicted molar refractivity (Wildman–Crippen MR) is 72.8 cm³/mol. The molecule has 1 heterocycles. The van der Waals surface area contributed by atoms with Crippen LogP contribution in [0.1, 0.15) is 0 Å². The maximum Gasteiger partial charge on any atom is 0.353 e. The zero-order chi connectivity index (χ0) is 14.0. The SMILES string of the molecule is Nc1ncnc(Nc2ccc(Cl)c(Cl)c2)c1[N+](=O)[O-]. The molecule has 0 bridgehead atoms. The number of benzene rings is 1. The van der Waals surface area contributed by atoms with Crippen LogP contribution in [0.5, 0.6) is 0 Å². The molecular weight excluding hydrogens is 293 g/mol. The summed E-state index contributed by atoms with van der Waals surface area (Å²) in [6.45, 7) is 0. The summed E-state index contributed by atoms with van der Waals surface area (Å²) in [6, 6.07) is 4.69. The first-order valence-corrected chi connectivity index (χ1v) is 5.71. The van der Waals surface area contributed by atoms with Gasteiger partial charge in [-0.1, -0.05) is 23.2 Å². The van der Waals surface area contributed by atoms with Gasteiger partial charge in [0.05, 0.1) is 15.0 Å². The minimum absolute atomic E-state index is 0.0177. The van der Waals surface area contributed by atoms with Crippen LogP contribution in [0, 0.1) is 10.1 Å². The van der Waals surface area contributed by atoms with Gasteiger partial charge < -0.3 is 11.1 Å². The van der Waals surface area contributed by atoms with Crippen molar-refractivity contribution >= 4 is 46.2 Å². The Labute approximate surface area is 117 Å². The Bertz CT molecular complexity index is 650. The lowest BCUT2D eigenvalue weighted by molar-refractivity contribution is -0.383. The van der Waals surface area contributed by atoms with E-state index in [1.165, 1.54) is 6.07 Å². The molecule has 0 unspecified atom stereocenters. The Kier molecular flexibility index (Phi) is 3.68. The predicted octanol–water partition coefficient (Wildman–Crippen LogP) is 3.02. The van der Waals surface area contributed by atoms with Crippen LogP contribution < -0.4 is 11.1 Å². The van der Waals surface area contributed by atoms with Gasteiger partial charge in [-0.2, -0.15) is 0 Å². The average molecular weight is 300 g/mol. The molecule has 0 radical (unpaired) electrons. The van der Waals surface area contributed by atoms with E-state index in [9.17, 15) is 10.1 Å². The first-order valence-electron chi connectivity index (χ1n) is 4.96. The molecule has 0 saturated heterocycles. The second-order valence-electron chi connectivity index (χ2n) is 3.47. The summed E-state index contributed by atoms with van der Waals surface area (Å²) in [5, 5.41) is 14.4. The molecule has 1 aromatic carbocycles. The number of nitrogens with two attached hydrogens (primary N) is 1. The van der Waals surface area contributed by atoms with Crippen LogP contribution in [0.25, 0.3) is 0 Å². The van der Waals surface area contributed by atoms with Gasteiger partial charge in [-0.3, -0.25) is 10.1 Å². The van der Waals surface area contributed by atoms with Gasteiger partial charge >= 0.3 is 5.69 Å². The lowest BCUT2D eigenvalue weighted by Gasteiger charge is -2.07. The zero-order valence-corrected chi connectivity index (χ0v) is 10.8. The van der Waals surface area contributed by atoms with Crippen LogP contribution in [0.4, 0.5) is 23.0 Å². The third kappa shape index (κ3) is 2.83. The maximum atomic E-state index is 10.9. The normalized spacial score (nSPS) is 10.2. The summed E-state index contributed by atoms with van der Waals surface area (Å²) >= 11 is 11.6. The molecule has 0 aliphatic heterocycles. The number of halogens is 2. The molecule has 0 atom stereocenters. The highest BCUT2D eigenvalue weighted by Crippen LogP contribution is 2.31. The van der Waals surface area contributed by atoms with E-state index in [-0.39, 0.29) is 11.6 Å². The van der Waals surface area contributed by atoms with E-state index in [1.54, 1.807) is 12.1 Å². The number of nitrogens with one attached hydrogen (secondary N) is 1. The van der Waals surface area contributed by atoms with Crippen LogP contribution in [0.15, 0.2) is 24.5 Å². The van der Waals surface area contributed by atoms with Gasteiger partial charge in [-0.15, -0.1) is 0 Å². The van der Waals surface area contributed by atoms with Crippen LogP contribution >= 0.6 is 23.2 Å². The van der Waals surface area contributed by atoms with Gasteiger partial charge in [0.15, 0.2) is 0 Å². The van der Waals surface area contributed by atoms with Crippen molar-refractivity contribution in [3.63, 3.8) is 0 Å². The van der Waals surface area contributed by atoms with E-state index in [0.29, 0.717) is 15.7 Å². The van der Waals surface area contributed by atoms with E-state index in [0.717, 1.165) is 6.33 Å². The summed E-state index contributed by atoms with van der Waals surface area (Å²) in [6.07, 6.45) is 1.13. The number of anilines is 3. The third-order valence-corrected chi connectivity index (χ3v) is 2.95.